The summed E-state index contributed by atoms with van der Waals surface area (Å²) in [5.74, 6) is -0.328. The molecule has 0 radical (unpaired) electrons. The van der Waals surface area contributed by atoms with E-state index in [1.165, 1.54) is 0 Å². The Balaban J connectivity index is 3.39. The second-order valence-corrected chi connectivity index (χ2v) is 2.50. The largest absolute Gasteiger partial charge is 0.320 e. The van der Waals surface area contributed by atoms with Gasteiger partial charge in [0.15, 0.2) is 0 Å². The first-order valence-corrected chi connectivity index (χ1v) is 3.35. The van der Waals surface area contributed by atoms with E-state index >= 15 is 0 Å². The summed E-state index contributed by atoms with van der Waals surface area (Å²) in [5.41, 5.74) is 8.27. The van der Waals surface area contributed by atoms with Gasteiger partial charge in [0.25, 0.3) is 5.91 Å². The van der Waals surface area contributed by atoms with Gasteiger partial charge in [-0.15, -0.1) is 0 Å². The van der Waals surface area contributed by atoms with Gasteiger partial charge in [-0.1, -0.05) is 12.2 Å². The van der Waals surface area contributed by atoms with Gasteiger partial charge >= 0.3 is 0 Å². The molecule has 0 aliphatic heterocycles. The third-order valence-electron chi connectivity index (χ3n) is 0.905. The molecule has 0 saturated heterocycles. The zero-order valence-electron chi connectivity index (χ0n) is 6.89. The van der Waals surface area contributed by atoms with Gasteiger partial charge in [-0.2, -0.15) is 0 Å². The molecular formula is C7H14N2O2. The number of nitrogens with two attached hydrogens (primary N) is 1. The number of nitrogens with one attached hydrogen (secondary N) is 1. The Morgan fingerprint density at radius 2 is 2.36 bits per heavy atom. The second-order valence-electron chi connectivity index (χ2n) is 2.50. The molecule has 0 aromatic carbocycles. The number of carbonyl (C=O) groups excluding carboxylic acids is 1. The standard InChI is InChI=1S/C7H14N2O2/c1-5(2)4-11-9-7(10)6(3)8/h6H,1,4,8H2,2-3H3,(H,9,10). The monoisotopic (exact) mass is 158 g/mol. The van der Waals surface area contributed by atoms with E-state index in [2.05, 4.69) is 12.1 Å². The fourth-order valence-corrected chi connectivity index (χ4v) is 0.323. The molecule has 0 fully saturated rings. The van der Waals surface area contributed by atoms with Crippen molar-refractivity contribution in [2.75, 3.05) is 6.61 Å². The Kier molecular flexibility index (Phi) is 4.49. The number of rotatable bonds is 4. The van der Waals surface area contributed by atoms with Gasteiger partial charge in [-0.3, -0.25) is 9.63 Å². The predicted octanol–water partition coefficient (Wildman–Crippen LogP) is -0.0425. The Hall–Kier alpha value is -0.870. The summed E-state index contributed by atoms with van der Waals surface area (Å²) in [4.78, 5) is 15.5. The van der Waals surface area contributed by atoms with Crippen molar-refractivity contribution in [2.24, 2.45) is 5.73 Å². The van der Waals surface area contributed by atoms with Crippen molar-refractivity contribution in [1.29, 1.82) is 0 Å². The quantitative estimate of drug-likeness (QED) is 0.445. The molecule has 4 heteroatoms. The molecule has 3 N–H and O–H groups in total. The van der Waals surface area contributed by atoms with Crippen LogP contribution in [0.2, 0.25) is 0 Å². The maximum absolute atomic E-state index is 10.7. The van der Waals surface area contributed by atoms with E-state index in [0.717, 1.165) is 5.57 Å². The van der Waals surface area contributed by atoms with E-state index in [4.69, 9.17) is 10.6 Å². The predicted molar refractivity (Wildman–Crippen MR) is 42.6 cm³/mol. The van der Waals surface area contributed by atoms with Crippen molar-refractivity contribution in [1.82, 2.24) is 5.48 Å². The highest BCUT2D eigenvalue weighted by Crippen LogP contribution is 1.85. The maximum atomic E-state index is 10.7. The molecule has 1 amide bonds. The highest BCUT2D eigenvalue weighted by Gasteiger charge is 2.05. The Bertz CT molecular complexity index is 155. The van der Waals surface area contributed by atoms with Gasteiger partial charge in [0.1, 0.15) is 0 Å². The Labute approximate surface area is 66.4 Å². The van der Waals surface area contributed by atoms with Crippen molar-refractivity contribution < 1.29 is 9.63 Å². The summed E-state index contributed by atoms with van der Waals surface area (Å²) in [6, 6.07) is -0.542. The SMILES string of the molecule is C=C(C)CONC(=O)C(C)N. The Morgan fingerprint density at radius 1 is 1.82 bits per heavy atom. The summed E-state index contributed by atoms with van der Waals surface area (Å²) in [6.07, 6.45) is 0. The molecule has 0 aromatic heterocycles. The highest BCUT2D eigenvalue weighted by molar-refractivity contribution is 5.79. The lowest BCUT2D eigenvalue weighted by Crippen LogP contribution is -2.38. The molecule has 11 heavy (non-hydrogen) atoms. The van der Waals surface area contributed by atoms with Crippen LogP contribution in [0.1, 0.15) is 13.8 Å². The van der Waals surface area contributed by atoms with E-state index < -0.39 is 6.04 Å². The van der Waals surface area contributed by atoms with E-state index in [-0.39, 0.29) is 5.91 Å². The minimum absolute atomic E-state index is 0.318. The molecule has 4 nitrogen and oxygen atoms in total. The highest BCUT2D eigenvalue weighted by atomic mass is 16.6. The van der Waals surface area contributed by atoms with Crippen LogP contribution in [0.5, 0.6) is 0 Å². The summed E-state index contributed by atoms with van der Waals surface area (Å²) >= 11 is 0. The topological polar surface area (TPSA) is 64.3 Å². The van der Waals surface area contributed by atoms with Gasteiger partial charge < -0.3 is 5.73 Å². The lowest BCUT2D eigenvalue weighted by molar-refractivity contribution is -0.133. The zero-order chi connectivity index (χ0) is 8.85. The molecule has 0 saturated carbocycles. The fourth-order valence-electron chi connectivity index (χ4n) is 0.323. The normalized spacial score (nSPS) is 12.3. The van der Waals surface area contributed by atoms with E-state index in [1.54, 1.807) is 13.8 Å². The summed E-state index contributed by atoms with van der Waals surface area (Å²) in [6.45, 7) is 7.29. The first kappa shape index (κ1) is 10.1. The van der Waals surface area contributed by atoms with Crippen molar-refractivity contribution in [3.8, 4) is 0 Å². The van der Waals surface area contributed by atoms with Crippen molar-refractivity contribution in [3.63, 3.8) is 0 Å². The average molecular weight is 158 g/mol. The third kappa shape index (κ3) is 5.57. The van der Waals surface area contributed by atoms with Gasteiger partial charge in [0.2, 0.25) is 0 Å². The van der Waals surface area contributed by atoms with Gasteiger partial charge in [-0.05, 0) is 13.8 Å². The van der Waals surface area contributed by atoms with Crippen LogP contribution in [0, 0.1) is 0 Å². The molecule has 0 heterocycles. The van der Waals surface area contributed by atoms with Gasteiger partial charge in [0, 0.05) is 0 Å². The molecule has 1 atom stereocenters. The third-order valence-corrected chi connectivity index (χ3v) is 0.905. The molecule has 0 spiro atoms. The van der Waals surface area contributed by atoms with Crippen LogP contribution in [0.25, 0.3) is 0 Å². The van der Waals surface area contributed by atoms with Crippen LogP contribution >= 0.6 is 0 Å². The smallest absolute Gasteiger partial charge is 0.260 e. The number of hydrogen-bond donors (Lipinski definition) is 2. The zero-order valence-corrected chi connectivity index (χ0v) is 6.89. The molecule has 0 aliphatic rings. The Morgan fingerprint density at radius 3 is 2.73 bits per heavy atom. The minimum Gasteiger partial charge on any atom is -0.320 e. The van der Waals surface area contributed by atoms with Crippen LogP contribution in [-0.4, -0.2) is 18.6 Å². The number of hydrogen-bond acceptors (Lipinski definition) is 3. The average Bonchev–Trinajstić information content (AvgIpc) is 1.86. The van der Waals surface area contributed by atoms with Crippen LogP contribution < -0.4 is 11.2 Å². The summed E-state index contributed by atoms with van der Waals surface area (Å²) in [7, 11) is 0. The van der Waals surface area contributed by atoms with Crippen LogP contribution in [0.4, 0.5) is 0 Å². The van der Waals surface area contributed by atoms with Crippen molar-refractivity contribution in [3.05, 3.63) is 12.2 Å². The van der Waals surface area contributed by atoms with Crippen LogP contribution in [-0.2, 0) is 9.63 Å². The maximum Gasteiger partial charge on any atom is 0.260 e. The van der Waals surface area contributed by atoms with Crippen molar-refractivity contribution >= 4 is 5.91 Å². The molecule has 1 unspecified atom stereocenters. The van der Waals surface area contributed by atoms with Gasteiger partial charge in [0.05, 0.1) is 12.6 Å². The number of carbonyl (C=O) groups is 1. The molecule has 0 aliphatic carbocycles. The summed E-state index contributed by atoms with van der Waals surface area (Å²) in [5, 5.41) is 0. The van der Waals surface area contributed by atoms with Crippen molar-refractivity contribution in [2.45, 2.75) is 19.9 Å². The number of amides is 1. The first-order chi connectivity index (χ1) is 5.04. The van der Waals surface area contributed by atoms with E-state index in [1.807, 2.05) is 0 Å². The lowest BCUT2D eigenvalue weighted by Gasteiger charge is -2.06. The van der Waals surface area contributed by atoms with E-state index in [0.29, 0.717) is 6.61 Å². The van der Waals surface area contributed by atoms with Crippen LogP contribution in [0.15, 0.2) is 12.2 Å². The first-order valence-electron chi connectivity index (χ1n) is 3.35. The van der Waals surface area contributed by atoms with E-state index in [9.17, 15) is 4.79 Å². The molecule has 0 bridgehead atoms. The second kappa shape index (κ2) is 4.87. The van der Waals surface area contributed by atoms with Crippen LogP contribution in [0.3, 0.4) is 0 Å². The number of hydroxylamine groups is 1. The molecule has 0 rings (SSSR count). The minimum atomic E-state index is -0.542. The fraction of sp³-hybridized carbons (Fsp3) is 0.571. The van der Waals surface area contributed by atoms with Gasteiger partial charge in [-0.25, -0.2) is 5.48 Å². The lowest BCUT2D eigenvalue weighted by atomic mass is 10.3. The molecule has 0 aromatic rings. The molecular weight excluding hydrogens is 144 g/mol. The molecule has 64 valence electrons. The summed E-state index contributed by atoms with van der Waals surface area (Å²) < 4.78 is 0.